The molecule has 0 radical (unpaired) electrons. The van der Waals surface area contributed by atoms with Crippen molar-refractivity contribution in [1.82, 2.24) is 9.78 Å². The van der Waals surface area contributed by atoms with E-state index < -0.39 is 0 Å². The maximum atomic E-state index is 5.28. The number of halogens is 1. The molecule has 0 unspecified atom stereocenters. The van der Waals surface area contributed by atoms with E-state index in [0.29, 0.717) is 0 Å². The predicted octanol–water partition coefficient (Wildman–Crippen LogP) is 3.58. The molecule has 2 aromatic rings. The zero-order chi connectivity index (χ0) is 14.3. The van der Waals surface area contributed by atoms with Crippen LogP contribution in [0.3, 0.4) is 0 Å². The Morgan fingerprint density at radius 1 is 1.35 bits per heavy atom. The van der Waals surface area contributed by atoms with Gasteiger partial charge in [-0.25, -0.2) is 0 Å². The lowest BCUT2D eigenvalue weighted by atomic mass is 10.1. The molecule has 0 saturated heterocycles. The molecule has 0 spiro atoms. The molecule has 1 aliphatic heterocycles. The summed E-state index contributed by atoms with van der Waals surface area (Å²) in [5.41, 5.74) is 3.71. The number of methoxy groups -OCH3 is 1. The fraction of sp³-hybridized carbons (Fsp3) is 0.400. The third-order valence-corrected chi connectivity index (χ3v) is 4.80. The zero-order valence-corrected chi connectivity index (χ0v) is 13.6. The first-order valence-corrected chi connectivity index (χ1v) is 7.54. The minimum absolute atomic E-state index is 0.894. The summed E-state index contributed by atoms with van der Waals surface area (Å²) < 4.78 is 8.28. The highest BCUT2D eigenvalue weighted by Gasteiger charge is 2.25. The molecule has 3 rings (SSSR count). The Bertz CT molecular complexity index is 651. The van der Waals surface area contributed by atoms with Crippen molar-refractivity contribution in [3.05, 3.63) is 33.9 Å². The van der Waals surface area contributed by atoms with E-state index in [4.69, 9.17) is 4.74 Å². The Morgan fingerprint density at radius 2 is 2.15 bits per heavy atom. The van der Waals surface area contributed by atoms with E-state index in [1.54, 1.807) is 7.11 Å². The molecule has 4 nitrogen and oxygen atoms in total. The number of benzene rings is 1. The van der Waals surface area contributed by atoms with E-state index in [9.17, 15) is 0 Å². The number of hydrogen-bond acceptors (Lipinski definition) is 3. The summed E-state index contributed by atoms with van der Waals surface area (Å²) in [6.07, 6.45) is 2.22. The summed E-state index contributed by atoms with van der Waals surface area (Å²) in [4.78, 5) is 2.30. The van der Waals surface area contributed by atoms with Crippen LogP contribution in [-0.2, 0) is 13.5 Å². The Morgan fingerprint density at radius 3 is 2.85 bits per heavy atom. The van der Waals surface area contributed by atoms with Gasteiger partial charge in [0.1, 0.15) is 10.4 Å². The minimum Gasteiger partial charge on any atom is -0.497 e. The quantitative estimate of drug-likeness (QED) is 0.840. The Labute approximate surface area is 127 Å². The van der Waals surface area contributed by atoms with Crippen LogP contribution in [0.1, 0.15) is 17.5 Å². The van der Waals surface area contributed by atoms with Crippen molar-refractivity contribution in [3.63, 3.8) is 0 Å². The van der Waals surface area contributed by atoms with Gasteiger partial charge in [-0.15, -0.1) is 0 Å². The minimum atomic E-state index is 0.894. The van der Waals surface area contributed by atoms with Crippen molar-refractivity contribution < 1.29 is 4.74 Å². The van der Waals surface area contributed by atoms with E-state index in [2.05, 4.69) is 45.0 Å². The van der Waals surface area contributed by atoms with Crippen LogP contribution in [0.5, 0.6) is 5.75 Å². The second kappa shape index (κ2) is 5.13. The summed E-state index contributed by atoms with van der Waals surface area (Å²) in [7, 11) is 3.67. The van der Waals surface area contributed by atoms with Gasteiger partial charge in [0.2, 0.25) is 0 Å². The smallest absolute Gasteiger partial charge is 0.159 e. The number of fused-ring (bicyclic) bond motifs is 1. The van der Waals surface area contributed by atoms with Crippen LogP contribution in [0.25, 0.3) is 0 Å². The van der Waals surface area contributed by atoms with E-state index in [-0.39, 0.29) is 0 Å². The van der Waals surface area contributed by atoms with Gasteiger partial charge in [-0.3, -0.25) is 4.68 Å². The molecule has 20 heavy (non-hydrogen) atoms. The lowest BCUT2D eigenvalue weighted by molar-refractivity contribution is 0.414. The van der Waals surface area contributed by atoms with E-state index in [1.165, 1.54) is 16.8 Å². The number of hydrogen-bond donors (Lipinski definition) is 0. The molecule has 0 amide bonds. The summed E-state index contributed by atoms with van der Waals surface area (Å²) in [6, 6.07) is 6.20. The molecule has 5 heteroatoms. The van der Waals surface area contributed by atoms with Gasteiger partial charge in [0.05, 0.1) is 7.11 Å². The van der Waals surface area contributed by atoms with Crippen LogP contribution in [-0.4, -0.2) is 23.4 Å². The van der Waals surface area contributed by atoms with Gasteiger partial charge < -0.3 is 9.64 Å². The van der Waals surface area contributed by atoms with E-state index >= 15 is 0 Å². The number of rotatable bonds is 2. The molecule has 0 saturated carbocycles. The molecule has 0 bridgehead atoms. The van der Waals surface area contributed by atoms with Crippen LogP contribution < -0.4 is 9.64 Å². The highest BCUT2D eigenvalue weighted by molar-refractivity contribution is 9.10. The number of aromatic nitrogens is 2. The number of anilines is 2. The monoisotopic (exact) mass is 335 g/mol. The molecule has 106 valence electrons. The summed E-state index contributed by atoms with van der Waals surface area (Å²) in [5.74, 6) is 1.96. The molecular formula is C15H18BrN3O. The first kappa shape index (κ1) is 13.5. The van der Waals surface area contributed by atoms with E-state index in [0.717, 1.165) is 35.6 Å². The van der Waals surface area contributed by atoms with Gasteiger partial charge in [0.15, 0.2) is 5.82 Å². The summed E-state index contributed by atoms with van der Waals surface area (Å²) in [6.45, 7) is 3.12. The molecule has 2 heterocycles. The van der Waals surface area contributed by atoms with Gasteiger partial charge in [0.25, 0.3) is 0 Å². The maximum Gasteiger partial charge on any atom is 0.159 e. The number of nitrogens with zero attached hydrogens (tertiary/aromatic N) is 3. The topological polar surface area (TPSA) is 30.3 Å². The lowest BCUT2D eigenvalue weighted by Crippen LogP contribution is -2.25. The van der Waals surface area contributed by atoms with Gasteiger partial charge in [0, 0.05) is 24.8 Å². The molecule has 0 aliphatic carbocycles. The average Bonchev–Trinajstić information content (AvgIpc) is 2.75. The van der Waals surface area contributed by atoms with Crippen LogP contribution >= 0.6 is 15.9 Å². The first-order valence-electron chi connectivity index (χ1n) is 6.75. The summed E-state index contributed by atoms with van der Waals surface area (Å²) in [5, 5.41) is 4.66. The molecular weight excluding hydrogens is 318 g/mol. The lowest BCUT2D eigenvalue weighted by Gasteiger charge is -2.29. The molecule has 0 N–H and O–H groups in total. The van der Waals surface area contributed by atoms with Gasteiger partial charge in [-0.1, -0.05) is 0 Å². The molecule has 0 fully saturated rings. The van der Waals surface area contributed by atoms with Gasteiger partial charge >= 0.3 is 0 Å². The molecule has 1 aromatic heterocycles. The molecule has 1 aliphatic rings. The number of ether oxygens (including phenoxy) is 1. The Kier molecular flexibility index (Phi) is 3.46. The molecule has 1 aromatic carbocycles. The molecule has 0 atom stereocenters. The van der Waals surface area contributed by atoms with Gasteiger partial charge in [-0.2, -0.15) is 5.10 Å². The second-order valence-electron chi connectivity index (χ2n) is 5.12. The second-order valence-corrected chi connectivity index (χ2v) is 5.88. The van der Waals surface area contributed by atoms with Gasteiger partial charge in [-0.05, 0) is 59.5 Å². The van der Waals surface area contributed by atoms with Crippen molar-refractivity contribution in [2.75, 3.05) is 18.6 Å². The number of aryl methyl sites for hydroxylation is 2. The fourth-order valence-electron chi connectivity index (χ4n) is 2.78. The van der Waals surface area contributed by atoms with Crippen LogP contribution in [0.15, 0.2) is 22.8 Å². The highest BCUT2D eigenvalue weighted by atomic mass is 79.9. The van der Waals surface area contributed by atoms with E-state index in [1.807, 2.05) is 17.8 Å². The highest BCUT2D eigenvalue weighted by Crippen LogP contribution is 2.38. The van der Waals surface area contributed by atoms with Crippen LogP contribution in [0, 0.1) is 6.92 Å². The fourth-order valence-corrected chi connectivity index (χ4v) is 3.23. The average molecular weight is 336 g/mol. The first-order chi connectivity index (χ1) is 9.61. The van der Waals surface area contributed by atoms with Crippen molar-refractivity contribution in [3.8, 4) is 5.75 Å². The third kappa shape index (κ3) is 2.10. The zero-order valence-electron chi connectivity index (χ0n) is 12.0. The SMILES string of the molecule is COc1ccc(N2CCCc3c2nn(C)c3Br)c(C)c1. The standard InChI is InChI=1S/C15H18BrN3O/c1-10-9-11(20-3)6-7-13(10)19-8-4-5-12-14(16)18(2)17-15(12)19/h6-7,9H,4-5,8H2,1-3H3. The van der Waals surface area contributed by atoms with Crippen molar-refractivity contribution in [1.29, 1.82) is 0 Å². The maximum absolute atomic E-state index is 5.28. The Balaban J connectivity index is 2.07. The largest absolute Gasteiger partial charge is 0.497 e. The third-order valence-electron chi connectivity index (χ3n) is 3.81. The van der Waals surface area contributed by atoms with Crippen molar-refractivity contribution >= 4 is 27.4 Å². The summed E-state index contributed by atoms with van der Waals surface area (Å²) >= 11 is 3.63. The predicted molar refractivity (Wildman–Crippen MR) is 84.0 cm³/mol. The van der Waals surface area contributed by atoms with Crippen LogP contribution in [0.4, 0.5) is 11.5 Å². The van der Waals surface area contributed by atoms with Crippen molar-refractivity contribution in [2.45, 2.75) is 19.8 Å². The van der Waals surface area contributed by atoms with Crippen LogP contribution in [0.2, 0.25) is 0 Å². The normalized spacial score (nSPS) is 14.3. The Hall–Kier alpha value is -1.49. The van der Waals surface area contributed by atoms with Crippen molar-refractivity contribution in [2.24, 2.45) is 7.05 Å².